The highest BCUT2D eigenvalue weighted by atomic mass is 16.7. The van der Waals surface area contributed by atoms with Crippen LogP contribution in [-0.4, -0.2) is 16.8 Å². The summed E-state index contributed by atoms with van der Waals surface area (Å²) in [4.78, 5) is 9.01. The van der Waals surface area contributed by atoms with Gasteiger partial charge in [-0.1, -0.05) is 29.8 Å². The number of fused-ring (bicyclic) bond motifs is 1. The summed E-state index contributed by atoms with van der Waals surface area (Å²) >= 11 is 0. The molecule has 0 aliphatic carbocycles. The average Bonchev–Trinajstić information content (AvgIpc) is 3.08. The van der Waals surface area contributed by atoms with Gasteiger partial charge in [0.25, 0.3) is 0 Å². The van der Waals surface area contributed by atoms with Crippen molar-refractivity contribution in [1.29, 1.82) is 0 Å². The summed E-state index contributed by atoms with van der Waals surface area (Å²) in [6.45, 7) is 4.96. The van der Waals surface area contributed by atoms with E-state index < -0.39 is 0 Å². The second kappa shape index (κ2) is 6.92. The monoisotopic (exact) mass is 348 g/mol. The Bertz CT molecular complexity index is 926. The summed E-state index contributed by atoms with van der Waals surface area (Å²) in [6, 6.07) is 16.0. The highest BCUT2D eigenvalue weighted by Crippen LogP contribution is 2.35. The van der Waals surface area contributed by atoms with Crippen molar-refractivity contribution in [3.05, 3.63) is 65.4 Å². The van der Waals surface area contributed by atoms with Gasteiger partial charge < -0.3 is 20.1 Å². The van der Waals surface area contributed by atoms with Gasteiger partial charge in [0.1, 0.15) is 5.82 Å². The molecule has 0 atom stereocenters. The quantitative estimate of drug-likeness (QED) is 0.721. The first kappa shape index (κ1) is 16.2. The smallest absolute Gasteiger partial charge is 0.231 e. The molecule has 1 aliphatic heterocycles. The Morgan fingerprint density at radius 3 is 2.58 bits per heavy atom. The zero-order chi connectivity index (χ0) is 17.9. The lowest BCUT2D eigenvalue weighted by Gasteiger charge is -2.10. The maximum atomic E-state index is 5.41. The van der Waals surface area contributed by atoms with E-state index in [4.69, 9.17) is 9.47 Å². The number of benzene rings is 2. The van der Waals surface area contributed by atoms with Crippen LogP contribution in [0.3, 0.4) is 0 Å². The van der Waals surface area contributed by atoms with Gasteiger partial charge in [-0.15, -0.1) is 0 Å². The zero-order valence-electron chi connectivity index (χ0n) is 14.7. The lowest BCUT2D eigenvalue weighted by molar-refractivity contribution is 0.174. The standard InChI is InChI=1S/C20H20N4O2/c1-13-3-5-15(6-4-13)11-21-20-22-14(2)9-19(24-20)23-16-7-8-17-18(10-16)26-12-25-17/h3-10H,11-12H2,1-2H3,(H2,21,22,23,24). The summed E-state index contributed by atoms with van der Waals surface area (Å²) in [7, 11) is 0. The first-order chi connectivity index (χ1) is 12.7. The van der Waals surface area contributed by atoms with E-state index in [2.05, 4.69) is 51.8 Å². The highest BCUT2D eigenvalue weighted by Gasteiger charge is 2.13. The van der Waals surface area contributed by atoms with E-state index >= 15 is 0 Å². The molecule has 6 nitrogen and oxygen atoms in total. The molecule has 0 amide bonds. The third kappa shape index (κ3) is 3.69. The predicted octanol–water partition coefficient (Wildman–Crippen LogP) is 4.18. The van der Waals surface area contributed by atoms with Crippen molar-refractivity contribution in [2.75, 3.05) is 17.4 Å². The number of nitrogens with zero attached hydrogens (tertiary/aromatic N) is 2. The molecule has 2 aromatic carbocycles. The lowest BCUT2D eigenvalue weighted by Crippen LogP contribution is -2.06. The van der Waals surface area contributed by atoms with Crippen LogP contribution < -0.4 is 20.1 Å². The van der Waals surface area contributed by atoms with Crippen LogP contribution in [0.25, 0.3) is 0 Å². The minimum atomic E-state index is 0.262. The van der Waals surface area contributed by atoms with E-state index in [0.717, 1.165) is 28.7 Å². The Kier molecular flexibility index (Phi) is 4.31. The van der Waals surface area contributed by atoms with Crippen molar-refractivity contribution < 1.29 is 9.47 Å². The van der Waals surface area contributed by atoms with Gasteiger partial charge in [-0.2, -0.15) is 4.98 Å². The Labute approximate surface area is 152 Å². The SMILES string of the molecule is Cc1ccc(CNc2nc(C)cc(Nc3ccc4c(c3)OCO4)n2)cc1. The van der Waals surface area contributed by atoms with Gasteiger partial charge in [-0.05, 0) is 31.5 Å². The summed E-state index contributed by atoms with van der Waals surface area (Å²) in [5.41, 5.74) is 4.20. The van der Waals surface area contributed by atoms with Crippen LogP contribution in [0.1, 0.15) is 16.8 Å². The third-order valence-electron chi connectivity index (χ3n) is 4.07. The molecule has 132 valence electrons. The van der Waals surface area contributed by atoms with Crippen molar-refractivity contribution in [2.24, 2.45) is 0 Å². The first-order valence-electron chi connectivity index (χ1n) is 8.47. The van der Waals surface area contributed by atoms with E-state index in [1.54, 1.807) is 0 Å². The fourth-order valence-corrected chi connectivity index (χ4v) is 2.72. The van der Waals surface area contributed by atoms with E-state index in [0.29, 0.717) is 12.5 Å². The molecule has 2 N–H and O–H groups in total. The number of hydrogen-bond donors (Lipinski definition) is 2. The van der Waals surface area contributed by atoms with Crippen LogP contribution in [-0.2, 0) is 6.54 Å². The molecule has 0 unspecified atom stereocenters. The Hall–Kier alpha value is -3.28. The molecule has 26 heavy (non-hydrogen) atoms. The molecule has 0 bridgehead atoms. The second-order valence-electron chi connectivity index (χ2n) is 6.25. The number of nitrogens with one attached hydrogen (secondary N) is 2. The lowest BCUT2D eigenvalue weighted by atomic mass is 10.1. The molecule has 2 heterocycles. The van der Waals surface area contributed by atoms with E-state index in [1.165, 1.54) is 11.1 Å². The second-order valence-corrected chi connectivity index (χ2v) is 6.25. The van der Waals surface area contributed by atoms with Crippen LogP contribution >= 0.6 is 0 Å². The predicted molar refractivity (Wildman–Crippen MR) is 101 cm³/mol. The summed E-state index contributed by atoms with van der Waals surface area (Å²) in [5.74, 6) is 2.81. The van der Waals surface area contributed by atoms with Crippen molar-refractivity contribution in [2.45, 2.75) is 20.4 Å². The Balaban J connectivity index is 1.48. The molecule has 0 spiro atoms. The maximum absolute atomic E-state index is 5.41. The molecule has 0 radical (unpaired) electrons. The highest BCUT2D eigenvalue weighted by molar-refractivity contribution is 5.62. The summed E-state index contributed by atoms with van der Waals surface area (Å²) in [5, 5.41) is 6.58. The molecule has 0 saturated heterocycles. The summed E-state index contributed by atoms with van der Waals surface area (Å²) in [6.07, 6.45) is 0. The van der Waals surface area contributed by atoms with Gasteiger partial charge in [0, 0.05) is 30.1 Å². The number of anilines is 3. The van der Waals surface area contributed by atoms with Gasteiger partial charge >= 0.3 is 0 Å². The number of rotatable bonds is 5. The zero-order valence-corrected chi connectivity index (χ0v) is 14.7. The van der Waals surface area contributed by atoms with Gasteiger partial charge in [0.15, 0.2) is 11.5 Å². The normalized spacial score (nSPS) is 12.1. The van der Waals surface area contributed by atoms with Crippen LogP contribution in [0, 0.1) is 13.8 Å². The number of ether oxygens (including phenoxy) is 2. The molecule has 4 rings (SSSR count). The minimum absolute atomic E-state index is 0.262. The molecular formula is C20H20N4O2. The van der Waals surface area contributed by atoms with Gasteiger partial charge in [-0.3, -0.25) is 0 Å². The van der Waals surface area contributed by atoms with Crippen LogP contribution in [0.4, 0.5) is 17.5 Å². The fourth-order valence-electron chi connectivity index (χ4n) is 2.72. The van der Waals surface area contributed by atoms with E-state index in [9.17, 15) is 0 Å². The average molecular weight is 348 g/mol. The number of hydrogen-bond acceptors (Lipinski definition) is 6. The van der Waals surface area contributed by atoms with Gasteiger partial charge in [0.2, 0.25) is 12.7 Å². The van der Waals surface area contributed by atoms with Gasteiger partial charge in [-0.25, -0.2) is 4.98 Å². The van der Waals surface area contributed by atoms with Gasteiger partial charge in [0.05, 0.1) is 0 Å². The molecular weight excluding hydrogens is 328 g/mol. The maximum Gasteiger partial charge on any atom is 0.231 e. The van der Waals surface area contributed by atoms with E-state index in [1.807, 2.05) is 31.2 Å². The molecule has 0 saturated carbocycles. The third-order valence-corrected chi connectivity index (χ3v) is 4.07. The molecule has 6 heteroatoms. The first-order valence-corrected chi connectivity index (χ1v) is 8.47. The van der Waals surface area contributed by atoms with Crippen molar-refractivity contribution in [3.8, 4) is 11.5 Å². The van der Waals surface area contributed by atoms with Crippen molar-refractivity contribution in [1.82, 2.24) is 9.97 Å². The van der Waals surface area contributed by atoms with Crippen LogP contribution in [0.15, 0.2) is 48.5 Å². The molecule has 0 fully saturated rings. The van der Waals surface area contributed by atoms with Crippen molar-refractivity contribution >= 4 is 17.5 Å². The molecule has 1 aromatic heterocycles. The Morgan fingerprint density at radius 1 is 0.923 bits per heavy atom. The minimum Gasteiger partial charge on any atom is -0.454 e. The molecule has 3 aromatic rings. The fraction of sp³-hybridized carbons (Fsp3) is 0.200. The van der Waals surface area contributed by atoms with Crippen LogP contribution in [0.5, 0.6) is 11.5 Å². The molecule has 1 aliphatic rings. The number of aryl methyl sites for hydroxylation is 2. The van der Waals surface area contributed by atoms with Crippen molar-refractivity contribution in [3.63, 3.8) is 0 Å². The largest absolute Gasteiger partial charge is 0.454 e. The number of aromatic nitrogens is 2. The Morgan fingerprint density at radius 2 is 1.73 bits per heavy atom. The topological polar surface area (TPSA) is 68.3 Å². The summed E-state index contributed by atoms with van der Waals surface area (Å²) < 4.78 is 10.8. The van der Waals surface area contributed by atoms with E-state index in [-0.39, 0.29) is 6.79 Å². The van der Waals surface area contributed by atoms with Crippen LogP contribution in [0.2, 0.25) is 0 Å².